The van der Waals surface area contributed by atoms with Gasteiger partial charge in [-0.15, -0.1) is 0 Å². The smallest absolute Gasteiger partial charge is 0.258 e. The molecule has 0 radical (unpaired) electrons. The normalized spacial score (nSPS) is 10.7. The van der Waals surface area contributed by atoms with Gasteiger partial charge in [0.15, 0.2) is 0 Å². The summed E-state index contributed by atoms with van der Waals surface area (Å²) in [5.41, 5.74) is 8.08. The fourth-order valence-corrected chi connectivity index (χ4v) is 2.11. The van der Waals surface area contributed by atoms with Crippen molar-refractivity contribution in [2.45, 2.75) is 0 Å². The van der Waals surface area contributed by atoms with Gasteiger partial charge in [0.2, 0.25) is 5.82 Å². The third-order valence-electron chi connectivity index (χ3n) is 2.77. The quantitative estimate of drug-likeness (QED) is 0.696. The third kappa shape index (κ3) is 2.55. The average molecular weight is 351 g/mol. The standard InChI is InChI=1S/C14H9BrClN3O/c15-11-6-3-9(7-12(11)17)14-18-13(19-20-14)8-1-4-10(16)5-2-8/h1-7H,17H2. The molecule has 1 aromatic heterocycles. The Hall–Kier alpha value is -1.85. The van der Waals surface area contributed by atoms with Gasteiger partial charge in [-0.1, -0.05) is 16.8 Å². The maximum absolute atomic E-state index is 5.85. The van der Waals surface area contributed by atoms with Gasteiger partial charge in [-0.2, -0.15) is 4.98 Å². The molecule has 0 spiro atoms. The summed E-state index contributed by atoms with van der Waals surface area (Å²) in [6, 6.07) is 12.7. The van der Waals surface area contributed by atoms with Gasteiger partial charge < -0.3 is 10.3 Å². The Balaban J connectivity index is 1.97. The van der Waals surface area contributed by atoms with E-state index in [0.29, 0.717) is 22.4 Å². The highest BCUT2D eigenvalue weighted by molar-refractivity contribution is 9.10. The van der Waals surface area contributed by atoms with Crippen LogP contribution in [0.25, 0.3) is 22.8 Å². The summed E-state index contributed by atoms with van der Waals surface area (Å²) in [4.78, 5) is 4.36. The molecule has 3 rings (SSSR count). The summed E-state index contributed by atoms with van der Waals surface area (Å²) in [7, 11) is 0. The Morgan fingerprint density at radius 3 is 2.45 bits per heavy atom. The van der Waals surface area contributed by atoms with Crippen molar-refractivity contribution in [3.63, 3.8) is 0 Å². The van der Waals surface area contributed by atoms with Gasteiger partial charge in [-0.05, 0) is 58.4 Å². The Kier molecular flexibility index (Phi) is 3.46. The van der Waals surface area contributed by atoms with Crippen LogP contribution in [0.3, 0.4) is 0 Å². The molecule has 0 bridgehead atoms. The predicted molar refractivity (Wildman–Crippen MR) is 82.3 cm³/mol. The second kappa shape index (κ2) is 5.26. The summed E-state index contributed by atoms with van der Waals surface area (Å²) in [5.74, 6) is 0.937. The van der Waals surface area contributed by atoms with E-state index in [4.69, 9.17) is 21.9 Å². The van der Waals surface area contributed by atoms with Crippen LogP contribution in [0.15, 0.2) is 51.5 Å². The van der Waals surface area contributed by atoms with Crippen molar-refractivity contribution in [1.29, 1.82) is 0 Å². The number of benzene rings is 2. The van der Waals surface area contributed by atoms with Crippen LogP contribution in [-0.4, -0.2) is 10.1 Å². The number of anilines is 1. The molecule has 4 nitrogen and oxygen atoms in total. The van der Waals surface area contributed by atoms with Crippen molar-refractivity contribution >= 4 is 33.2 Å². The van der Waals surface area contributed by atoms with Crippen molar-refractivity contribution in [3.8, 4) is 22.8 Å². The van der Waals surface area contributed by atoms with Crippen molar-refractivity contribution in [2.75, 3.05) is 5.73 Å². The van der Waals surface area contributed by atoms with E-state index in [1.807, 2.05) is 24.3 Å². The molecule has 1 heterocycles. The van der Waals surface area contributed by atoms with Crippen molar-refractivity contribution in [2.24, 2.45) is 0 Å². The van der Waals surface area contributed by atoms with E-state index in [2.05, 4.69) is 26.1 Å². The van der Waals surface area contributed by atoms with Gasteiger partial charge in [0, 0.05) is 26.3 Å². The zero-order valence-corrected chi connectivity index (χ0v) is 12.5. The third-order valence-corrected chi connectivity index (χ3v) is 3.75. The largest absolute Gasteiger partial charge is 0.398 e. The number of hydrogen-bond acceptors (Lipinski definition) is 4. The van der Waals surface area contributed by atoms with E-state index in [9.17, 15) is 0 Å². The fraction of sp³-hybridized carbons (Fsp3) is 0. The first-order valence-electron chi connectivity index (χ1n) is 5.78. The van der Waals surface area contributed by atoms with Gasteiger partial charge >= 0.3 is 0 Å². The van der Waals surface area contributed by atoms with Gasteiger partial charge in [0.25, 0.3) is 5.89 Å². The molecular formula is C14H9BrClN3O. The first-order chi connectivity index (χ1) is 9.63. The Morgan fingerprint density at radius 2 is 1.75 bits per heavy atom. The molecule has 0 unspecified atom stereocenters. The monoisotopic (exact) mass is 349 g/mol. The van der Waals surface area contributed by atoms with E-state index in [1.54, 1.807) is 18.2 Å². The highest BCUT2D eigenvalue weighted by atomic mass is 79.9. The minimum absolute atomic E-state index is 0.425. The molecule has 2 N–H and O–H groups in total. The Labute approximate surface area is 128 Å². The molecule has 0 aliphatic carbocycles. The summed E-state index contributed by atoms with van der Waals surface area (Å²) in [6.45, 7) is 0. The van der Waals surface area contributed by atoms with E-state index in [0.717, 1.165) is 15.6 Å². The second-order valence-corrected chi connectivity index (χ2v) is 5.46. The summed E-state index contributed by atoms with van der Waals surface area (Å²) >= 11 is 9.20. The molecule has 0 amide bonds. The van der Waals surface area contributed by atoms with Crippen molar-refractivity contribution < 1.29 is 4.52 Å². The van der Waals surface area contributed by atoms with Crippen LogP contribution in [0, 0.1) is 0 Å². The van der Waals surface area contributed by atoms with Crippen LogP contribution >= 0.6 is 27.5 Å². The van der Waals surface area contributed by atoms with Crippen molar-refractivity contribution in [3.05, 3.63) is 52.0 Å². The van der Waals surface area contributed by atoms with E-state index >= 15 is 0 Å². The SMILES string of the molecule is Nc1cc(-c2nc(-c3ccc(Cl)cc3)no2)ccc1Br. The number of hydrogen-bond donors (Lipinski definition) is 1. The fourth-order valence-electron chi connectivity index (χ4n) is 1.73. The van der Waals surface area contributed by atoms with Crippen LogP contribution in [0.5, 0.6) is 0 Å². The zero-order chi connectivity index (χ0) is 14.1. The second-order valence-electron chi connectivity index (χ2n) is 4.17. The van der Waals surface area contributed by atoms with E-state index in [-0.39, 0.29) is 0 Å². The summed E-state index contributed by atoms with van der Waals surface area (Å²) in [6.07, 6.45) is 0. The minimum atomic E-state index is 0.425. The molecule has 20 heavy (non-hydrogen) atoms. The van der Waals surface area contributed by atoms with Gasteiger partial charge in [-0.3, -0.25) is 0 Å². The van der Waals surface area contributed by atoms with Gasteiger partial charge in [0.05, 0.1) is 0 Å². The number of nitrogen functional groups attached to an aromatic ring is 1. The number of halogens is 2. The molecule has 2 aromatic carbocycles. The first-order valence-corrected chi connectivity index (χ1v) is 6.95. The number of nitrogens with two attached hydrogens (primary N) is 1. The number of nitrogens with zero attached hydrogens (tertiary/aromatic N) is 2. The topological polar surface area (TPSA) is 64.9 Å². The van der Waals surface area contributed by atoms with Crippen molar-refractivity contribution in [1.82, 2.24) is 10.1 Å². The lowest BCUT2D eigenvalue weighted by Gasteiger charge is -1.99. The molecule has 0 aliphatic rings. The number of aromatic nitrogens is 2. The minimum Gasteiger partial charge on any atom is -0.398 e. The van der Waals surface area contributed by atoms with Crippen LogP contribution in [0.1, 0.15) is 0 Å². The molecule has 3 aromatic rings. The van der Waals surface area contributed by atoms with Crippen LogP contribution < -0.4 is 5.73 Å². The molecule has 0 saturated carbocycles. The molecule has 6 heteroatoms. The summed E-state index contributed by atoms with van der Waals surface area (Å²) in [5, 5.41) is 4.63. The molecule has 0 saturated heterocycles. The predicted octanol–water partition coefficient (Wildman–Crippen LogP) is 4.40. The molecule has 0 fully saturated rings. The number of rotatable bonds is 2. The molecule has 0 atom stereocenters. The first kappa shape index (κ1) is 13.1. The maximum Gasteiger partial charge on any atom is 0.258 e. The Morgan fingerprint density at radius 1 is 1.05 bits per heavy atom. The highest BCUT2D eigenvalue weighted by Crippen LogP contribution is 2.27. The maximum atomic E-state index is 5.85. The highest BCUT2D eigenvalue weighted by Gasteiger charge is 2.11. The summed E-state index contributed by atoms with van der Waals surface area (Å²) < 4.78 is 6.10. The van der Waals surface area contributed by atoms with Gasteiger partial charge in [0.1, 0.15) is 0 Å². The lowest BCUT2D eigenvalue weighted by atomic mass is 10.2. The Bertz CT molecular complexity index is 755. The van der Waals surface area contributed by atoms with Crippen LogP contribution in [0.4, 0.5) is 5.69 Å². The zero-order valence-electron chi connectivity index (χ0n) is 10.2. The lowest BCUT2D eigenvalue weighted by Crippen LogP contribution is -1.87. The van der Waals surface area contributed by atoms with E-state index in [1.165, 1.54) is 0 Å². The lowest BCUT2D eigenvalue weighted by molar-refractivity contribution is 0.432. The molecule has 0 aliphatic heterocycles. The average Bonchev–Trinajstić information content (AvgIpc) is 2.92. The van der Waals surface area contributed by atoms with Crippen LogP contribution in [0.2, 0.25) is 5.02 Å². The molecule has 100 valence electrons. The van der Waals surface area contributed by atoms with Gasteiger partial charge in [-0.25, -0.2) is 0 Å². The molecular weight excluding hydrogens is 342 g/mol. The van der Waals surface area contributed by atoms with E-state index < -0.39 is 0 Å². The van der Waals surface area contributed by atoms with Crippen LogP contribution in [-0.2, 0) is 0 Å².